The number of carbonyl (C=O) groups is 1. The SMILES string of the molecule is CC.C[C@H](NCCCS(=O)(=O)O)C(=O)O. The van der Waals surface area contributed by atoms with Gasteiger partial charge in [0.2, 0.25) is 0 Å². The zero-order valence-corrected chi connectivity index (χ0v) is 10.0. The minimum Gasteiger partial charge on any atom is -0.480 e. The highest BCUT2D eigenvalue weighted by molar-refractivity contribution is 7.85. The lowest BCUT2D eigenvalue weighted by molar-refractivity contribution is -0.138. The van der Waals surface area contributed by atoms with Crippen molar-refractivity contribution in [2.24, 2.45) is 0 Å². The van der Waals surface area contributed by atoms with E-state index >= 15 is 0 Å². The van der Waals surface area contributed by atoms with E-state index in [2.05, 4.69) is 5.32 Å². The lowest BCUT2D eigenvalue weighted by atomic mass is 10.3. The topological polar surface area (TPSA) is 104 Å². The van der Waals surface area contributed by atoms with Crippen LogP contribution in [0.25, 0.3) is 0 Å². The van der Waals surface area contributed by atoms with E-state index in [-0.39, 0.29) is 18.7 Å². The van der Waals surface area contributed by atoms with Crippen LogP contribution in [0.3, 0.4) is 0 Å². The Balaban J connectivity index is 0. The van der Waals surface area contributed by atoms with Crippen LogP contribution >= 0.6 is 0 Å². The number of rotatable bonds is 6. The van der Waals surface area contributed by atoms with Crippen LogP contribution in [0.4, 0.5) is 0 Å². The molecule has 0 bridgehead atoms. The van der Waals surface area contributed by atoms with Crippen LogP contribution in [0.15, 0.2) is 0 Å². The second-order valence-corrected chi connectivity index (χ2v) is 4.23. The van der Waals surface area contributed by atoms with Crippen molar-refractivity contribution in [3.63, 3.8) is 0 Å². The van der Waals surface area contributed by atoms with Gasteiger partial charge in [-0.05, 0) is 19.9 Å². The van der Waals surface area contributed by atoms with Gasteiger partial charge in [0.1, 0.15) is 6.04 Å². The van der Waals surface area contributed by atoms with E-state index < -0.39 is 22.1 Å². The molecular weight excluding hydrogens is 222 g/mol. The van der Waals surface area contributed by atoms with Gasteiger partial charge < -0.3 is 10.4 Å². The van der Waals surface area contributed by atoms with Gasteiger partial charge in [0.05, 0.1) is 5.75 Å². The summed E-state index contributed by atoms with van der Waals surface area (Å²) in [5.41, 5.74) is 0. The standard InChI is InChI=1S/C6H13NO5S.C2H6/c1-5(6(8)9)7-3-2-4-13(10,11)12;1-2/h5,7H,2-4H2,1H3,(H,8,9)(H,10,11,12);1-2H3/t5-;/m0./s1. The maximum absolute atomic E-state index is 10.3. The van der Waals surface area contributed by atoms with E-state index in [1.807, 2.05) is 13.8 Å². The fourth-order valence-corrected chi connectivity index (χ4v) is 1.17. The normalized spacial score (nSPS) is 12.5. The monoisotopic (exact) mass is 241 g/mol. The molecule has 0 aromatic rings. The largest absolute Gasteiger partial charge is 0.480 e. The van der Waals surface area contributed by atoms with Crippen LogP contribution in [0.2, 0.25) is 0 Å². The third-order valence-corrected chi connectivity index (χ3v) is 2.20. The molecule has 0 saturated heterocycles. The van der Waals surface area contributed by atoms with E-state index in [1.165, 1.54) is 6.92 Å². The zero-order valence-electron chi connectivity index (χ0n) is 9.23. The molecule has 7 heteroatoms. The highest BCUT2D eigenvalue weighted by Gasteiger charge is 2.09. The maximum Gasteiger partial charge on any atom is 0.320 e. The van der Waals surface area contributed by atoms with Crippen molar-refractivity contribution in [1.82, 2.24) is 5.32 Å². The molecule has 0 rings (SSSR count). The highest BCUT2D eigenvalue weighted by Crippen LogP contribution is 1.88. The molecule has 0 saturated carbocycles. The molecule has 0 spiro atoms. The van der Waals surface area contributed by atoms with Crippen molar-refractivity contribution in [2.75, 3.05) is 12.3 Å². The van der Waals surface area contributed by atoms with Crippen LogP contribution in [-0.2, 0) is 14.9 Å². The van der Waals surface area contributed by atoms with Crippen molar-refractivity contribution >= 4 is 16.1 Å². The number of hydrogen-bond acceptors (Lipinski definition) is 4. The molecule has 1 atom stereocenters. The van der Waals surface area contributed by atoms with Gasteiger partial charge in [0.15, 0.2) is 0 Å². The lowest BCUT2D eigenvalue weighted by Gasteiger charge is -2.07. The van der Waals surface area contributed by atoms with E-state index in [1.54, 1.807) is 0 Å². The molecular formula is C8H19NO5S. The van der Waals surface area contributed by atoms with Gasteiger partial charge >= 0.3 is 5.97 Å². The first-order valence-electron chi connectivity index (χ1n) is 4.74. The summed E-state index contributed by atoms with van der Waals surface area (Å²) in [4.78, 5) is 10.3. The van der Waals surface area contributed by atoms with Crippen molar-refractivity contribution < 1.29 is 22.9 Å². The predicted molar refractivity (Wildman–Crippen MR) is 57.5 cm³/mol. The van der Waals surface area contributed by atoms with Crippen molar-refractivity contribution in [3.8, 4) is 0 Å². The van der Waals surface area contributed by atoms with Crippen molar-refractivity contribution in [1.29, 1.82) is 0 Å². The maximum atomic E-state index is 10.3. The van der Waals surface area contributed by atoms with Gasteiger partial charge in [-0.15, -0.1) is 0 Å². The van der Waals surface area contributed by atoms with Gasteiger partial charge in [-0.3, -0.25) is 9.35 Å². The molecule has 0 aliphatic heterocycles. The minimum absolute atomic E-state index is 0.191. The number of nitrogens with one attached hydrogen (secondary N) is 1. The molecule has 92 valence electrons. The number of hydrogen-bond donors (Lipinski definition) is 3. The Labute approximate surface area is 90.4 Å². The van der Waals surface area contributed by atoms with E-state index in [0.29, 0.717) is 0 Å². The fourth-order valence-electron chi connectivity index (χ4n) is 0.660. The average Bonchev–Trinajstić information content (AvgIpc) is 2.13. The van der Waals surface area contributed by atoms with Crippen molar-refractivity contribution in [3.05, 3.63) is 0 Å². The smallest absolute Gasteiger partial charge is 0.320 e. The third-order valence-electron chi connectivity index (χ3n) is 1.40. The van der Waals surface area contributed by atoms with Crippen molar-refractivity contribution in [2.45, 2.75) is 33.2 Å². The molecule has 3 N–H and O–H groups in total. The Morgan fingerprint density at radius 3 is 2.20 bits per heavy atom. The summed E-state index contributed by atoms with van der Waals surface area (Å²) in [7, 11) is -3.93. The second-order valence-electron chi connectivity index (χ2n) is 2.65. The third kappa shape index (κ3) is 13.3. The molecule has 0 fully saturated rings. The van der Waals surface area contributed by atoms with E-state index in [4.69, 9.17) is 9.66 Å². The van der Waals surface area contributed by atoms with Gasteiger partial charge in [-0.25, -0.2) is 0 Å². The fraction of sp³-hybridized carbons (Fsp3) is 0.875. The Hall–Kier alpha value is -0.660. The summed E-state index contributed by atoms with van der Waals surface area (Å²) in [6, 6.07) is -0.707. The molecule has 0 heterocycles. The average molecular weight is 241 g/mol. The molecule has 0 unspecified atom stereocenters. The van der Waals surface area contributed by atoms with Gasteiger partial charge in [0, 0.05) is 0 Å². The molecule has 0 amide bonds. The van der Waals surface area contributed by atoms with Crippen LogP contribution in [0.5, 0.6) is 0 Å². The lowest BCUT2D eigenvalue weighted by Crippen LogP contribution is -2.34. The zero-order chi connectivity index (χ0) is 12.5. The number of carboxylic acids is 1. The summed E-state index contributed by atoms with van der Waals surface area (Å²) < 4.78 is 28.8. The Morgan fingerprint density at radius 2 is 1.87 bits per heavy atom. The molecule has 0 aromatic heterocycles. The first kappa shape index (κ1) is 16.8. The van der Waals surface area contributed by atoms with Crippen LogP contribution in [0.1, 0.15) is 27.2 Å². The summed E-state index contributed by atoms with van der Waals surface area (Å²) in [6.07, 6.45) is 0.191. The summed E-state index contributed by atoms with van der Waals surface area (Å²) >= 11 is 0. The molecule has 6 nitrogen and oxygen atoms in total. The molecule has 0 aliphatic carbocycles. The molecule has 0 aliphatic rings. The summed E-state index contributed by atoms with van der Waals surface area (Å²) in [5, 5.41) is 11.0. The van der Waals surface area contributed by atoms with Gasteiger partial charge in [-0.2, -0.15) is 8.42 Å². The quantitative estimate of drug-likeness (QED) is 0.458. The predicted octanol–water partition coefficient (Wildman–Crippen LogP) is 0.353. The molecule has 0 radical (unpaired) electrons. The summed E-state index contributed by atoms with van der Waals surface area (Å²) in [5.74, 6) is -1.35. The second kappa shape index (κ2) is 8.63. The first-order chi connectivity index (χ1) is 6.83. The van der Waals surface area contributed by atoms with Crippen LogP contribution in [0, 0.1) is 0 Å². The Morgan fingerprint density at radius 1 is 1.40 bits per heavy atom. The number of aliphatic carboxylic acids is 1. The Kier molecular flexibility index (Phi) is 9.64. The van der Waals surface area contributed by atoms with E-state index in [0.717, 1.165) is 0 Å². The van der Waals surface area contributed by atoms with Crippen LogP contribution in [-0.4, -0.2) is 42.4 Å². The first-order valence-corrected chi connectivity index (χ1v) is 6.35. The van der Waals surface area contributed by atoms with Crippen LogP contribution < -0.4 is 5.32 Å². The van der Waals surface area contributed by atoms with Gasteiger partial charge in [-0.1, -0.05) is 13.8 Å². The summed E-state index contributed by atoms with van der Waals surface area (Å²) in [6.45, 7) is 5.70. The highest BCUT2D eigenvalue weighted by atomic mass is 32.2. The van der Waals surface area contributed by atoms with E-state index in [9.17, 15) is 13.2 Å². The number of carboxylic acid groups (broad SMARTS) is 1. The minimum atomic E-state index is -3.93. The Bertz CT molecular complexity index is 262. The van der Waals surface area contributed by atoms with Gasteiger partial charge in [0.25, 0.3) is 10.1 Å². The molecule has 15 heavy (non-hydrogen) atoms. The molecule has 0 aromatic carbocycles.